The van der Waals surface area contributed by atoms with E-state index in [9.17, 15) is 0 Å². The minimum absolute atomic E-state index is 0.814. The zero-order chi connectivity index (χ0) is 13.2. The molecule has 0 amide bonds. The molecule has 0 atom stereocenters. The second kappa shape index (κ2) is 4.80. The van der Waals surface area contributed by atoms with Gasteiger partial charge < -0.3 is 14.7 Å². The number of aromatic nitrogens is 1. The molecule has 3 rings (SSSR count). The van der Waals surface area contributed by atoms with Gasteiger partial charge in [-0.2, -0.15) is 0 Å². The number of benzene rings is 1. The number of rotatable bonds is 3. The Kier molecular flexibility index (Phi) is 2.99. The first-order chi connectivity index (χ1) is 9.24. The average Bonchev–Trinajstić information content (AvgIpc) is 2.98. The summed E-state index contributed by atoms with van der Waals surface area (Å²) < 4.78 is 5.21. The van der Waals surface area contributed by atoms with E-state index in [-0.39, 0.29) is 0 Å². The maximum absolute atomic E-state index is 5.21. The summed E-state index contributed by atoms with van der Waals surface area (Å²) in [6.07, 6.45) is 2.14. The van der Waals surface area contributed by atoms with E-state index in [0.717, 1.165) is 35.9 Å². The highest BCUT2D eigenvalue weighted by Crippen LogP contribution is 2.24. The van der Waals surface area contributed by atoms with Gasteiger partial charge in [-0.15, -0.1) is 0 Å². The van der Waals surface area contributed by atoms with Crippen LogP contribution in [0.1, 0.15) is 22.6 Å². The third-order valence-electron chi connectivity index (χ3n) is 3.32. The quantitative estimate of drug-likeness (QED) is 0.915. The second-order valence-electron chi connectivity index (χ2n) is 4.81. The Bertz CT molecular complexity index is 582. The van der Waals surface area contributed by atoms with Crippen LogP contribution in [0, 0.1) is 13.8 Å². The molecule has 0 saturated carbocycles. The van der Waals surface area contributed by atoms with E-state index in [1.165, 1.54) is 5.56 Å². The molecule has 1 aliphatic heterocycles. The second-order valence-corrected chi connectivity index (χ2v) is 4.81. The van der Waals surface area contributed by atoms with E-state index >= 15 is 0 Å². The molecule has 19 heavy (non-hydrogen) atoms. The molecule has 0 aliphatic carbocycles. The lowest BCUT2D eigenvalue weighted by Crippen LogP contribution is -2.20. The summed E-state index contributed by atoms with van der Waals surface area (Å²) in [5.74, 6) is 0.859. The summed E-state index contributed by atoms with van der Waals surface area (Å²) >= 11 is 0. The van der Waals surface area contributed by atoms with E-state index in [4.69, 9.17) is 4.52 Å². The molecule has 2 aromatic rings. The molecule has 4 nitrogen and oxygen atoms in total. The Labute approximate surface area is 112 Å². The predicted octanol–water partition coefficient (Wildman–Crippen LogP) is 2.65. The molecule has 0 unspecified atom stereocenters. The van der Waals surface area contributed by atoms with Crippen molar-refractivity contribution in [3.8, 4) is 0 Å². The van der Waals surface area contributed by atoms with Crippen LogP contribution in [0.5, 0.6) is 0 Å². The fraction of sp³-hybridized carbons (Fsp3) is 0.267. The molecular formula is C15H17N3O. The molecule has 98 valence electrons. The minimum atomic E-state index is 0.814. The van der Waals surface area contributed by atoms with Gasteiger partial charge in [-0.25, -0.2) is 0 Å². The lowest BCUT2D eigenvalue weighted by atomic mass is 10.1. The molecule has 4 heteroatoms. The number of hydrogen-bond acceptors (Lipinski definition) is 4. The van der Waals surface area contributed by atoms with Crippen LogP contribution in [0.4, 0.5) is 0 Å². The first kappa shape index (κ1) is 11.8. The first-order valence-electron chi connectivity index (χ1n) is 6.41. The Balaban J connectivity index is 1.78. The van der Waals surface area contributed by atoms with E-state index in [0.29, 0.717) is 0 Å². The summed E-state index contributed by atoms with van der Waals surface area (Å²) in [5.41, 5.74) is 4.40. The SMILES string of the molecule is Cc1noc(C)c1C1=CN(Cc2ccccc2)CN1. The van der Waals surface area contributed by atoms with E-state index in [1.54, 1.807) is 0 Å². The van der Waals surface area contributed by atoms with Crippen LogP contribution in [-0.4, -0.2) is 16.7 Å². The summed E-state index contributed by atoms with van der Waals surface area (Å²) in [7, 11) is 0. The Morgan fingerprint density at radius 2 is 2.05 bits per heavy atom. The molecule has 2 heterocycles. The highest BCUT2D eigenvalue weighted by molar-refractivity contribution is 5.67. The monoisotopic (exact) mass is 255 g/mol. The Morgan fingerprint density at radius 1 is 1.26 bits per heavy atom. The van der Waals surface area contributed by atoms with Gasteiger partial charge in [0.05, 0.1) is 23.6 Å². The predicted molar refractivity (Wildman–Crippen MR) is 73.9 cm³/mol. The van der Waals surface area contributed by atoms with Crippen molar-refractivity contribution >= 4 is 5.70 Å². The summed E-state index contributed by atoms with van der Waals surface area (Å²) in [4.78, 5) is 2.25. The third kappa shape index (κ3) is 2.34. The number of nitrogens with zero attached hydrogens (tertiary/aromatic N) is 2. The smallest absolute Gasteiger partial charge is 0.143 e. The standard InChI is InChI=1S/C15H17N3O/c1-11-15(12(2)19-17-11)14-9-18(10-16-14)8-13-6-4-3-5-7-13/h3-7,9,16H,8,10H2,1-2H3. The average molecular weight is 255 g/mol. The van der Waals surface area contributed by atoms with E-state index in [2.05, 4.69) is 45.8 Å². The summed E-state index contributed by atoms with van der Waals surface area (Å²) in [6.45, 7) is 5.63. The molecule has 0 saturated heterocycles. The van der Waals surface area contributed by atoms with Gasteiger partial charge >= 0.3 is 0 Å². The normalized spacial score (nSPS) is 14.4. The van der Waals surface area contributed by atoms with Gasteiger partial charge in [-0.3, -0.25) is 0 Å². The van der Waals surface area contributed by atoms with Gasteiger partial charge in [0.15, 0.2) is 0 Å². The fourth-order valence-electron chi connectivity index (χ4n) is 2.40. The van der Waals surface area contributed by atoms with Crippen LogP contribution in [0.3, 0.4) is 0 Å². The molecule has 1 aromatic heterocycles. The van der Waals surface area contributed by atoms with Crippen molar-refractivity contribution in [2.75, 3.05) is 6.67 Å². The van der Waals surface area contributed by atoms with Crippen LogP contribution < -0.4 is 5.32 Å². The lowest BCUT2D eigenvalue weighted by Gasteiger charge is -2.13. The zero-order valence-corrected chi connectivity index (χ0v) is 11.2. The zero-order valence-electron chi connectivity index (χ0n) is 11.2. The minimum Gasteiger partial charge on any atom is -0.366 e. The van der Waals surface area contributed by atoms with Crippen LogP contribution in [0.15, 0.2) is 41.1 Å². The maximum atomic E-state index is 5.21. The van der Waals surface area contributed by atoms with E-state index in [1.807, 2.05) is 19.9 Å². The van der Waals surface area contributed by atoms with Crippen molar-refractivity contribution in [3.63, 3.8) is 0 Å². The fourth-order valence-corrected chi connectivity index (χ4v) is 2.40. The highest BCUT2D eigenvalue weighted by Gasteiger charge is 2.19. The van der Waals surface area contributed by atoms with Crippen molar-refractivity contribution in [2.45, 2.75) is 20.4 Å². The van der Waals surface area contributed by atoms with Gasteiger partial charge in [0.2, 0.25) is 0 Å². The van der Waals surface area contributed by atoms with Crippen molar-refractivity contribution in [1.82, 2.24) is 15.4 Å². The molecule has 0 radical (unpaired) electrons. The highest BCUT2D eigenvalue weighted by atomic mass is 16.5. The number of aryl methyl sites for hydroxylation is 2. The van der Waals surface area contributed by atoms with E-state index < -0.39 is 0 Å². The summed E-state index contributed by atoms with van der Waals surface area (Å²) in [6, 6.07) is 10.5. The van der Waals surface area contributed by atoms with Crippen LogP contribution >= 0.6 is 0 Å². The van der Waals surface area contributed by atoms with Crippen LogP contribution in [0.2, 0.25) is 0 Å². The molecule has 1 aromatic carbocycles. The van der Waals surface area contributed by atoms with Crippen molar-refractivity contribution in [1.29, 1.82) is 0 Å². The van der Waals surface area contributed by atoms with Crippen LogP contribution in [-0.2, 0) is 6.54 Å². The van der Waals surface area contributed by atoms with Gasteiger partial charge in [0.25, 0.3) is 0 Å². The van der Waals surface area contributed by atoms with Crippen molar-refractivity contribution in [2.24, 2.45) is 0 Å². The van der Waals surface area contributed by atoms with Crippen LogP contribution in [0.25, 0.3) is 5.70 Å². The number of nitrogens with one attached hydrogen (secondary N) is 1. The molecule has 0 bridgehead atoms. The van der Waals surface area contributed by atoms with Gasteiger partial charge in [0, 0.05) is 12.7 Å². The largest absolute Gasteiger partial charge is 0.366 e. The molecule has 0 fully saturated rings. The molecule has 0 spiro atoms. The van der Waals surface area contributed by atoms with Crippen molar-refractivity contribution in [3.05, 3.63) is 59.1 Å². The topological polar surface area (TPSA) is 41.3 Å². The maximum Gasteiger partial charge on any atom is 0.143 e. The third-order valence-corrected chi connectivity index (χ3v) is 3.32. The Morgan fingerprint density at radius 3 is 2.74 bits per heavy atom. The molecule has 1 aliphatic rings. The first-order valence-corrected chi connectivity index (χ1v) is 6.41. The summed E-state index contributed by atoms with van der Waals surface area (Å²) in [5, 5.41) is 7.39. The molecular weight excluding hydrogens is 238 g/mol. The Hall–Kier alpha value is -2.23. The number of hydrogen-bond donors (Lipinski definition) is 1. The lowest BCUT2D eigenvalue weighted by molar-refractivity contribution is 0.385. The van der Waals surface area contributed by atoms with Gasteiger partial charge in [-0.1, -0.05) is 35.5 Å². The molecule has 1 N–H and O–H groups in total. The van der Waals surface area contributed by atoms with Crippen molar-refractivity contribution < 1.29 is 4.52 Å². The van der Waals surface area contributed by atoms with Gasteiger partial charge in [-0.05, 0) is 19.4 Å². The van der Waals surface area contributed by atoms with Gasteiger partial charge in [0.1, 0.15) is 5.76 Å².